The Morgan fingerprint density at radius 2 is 1.68 bits per heavy atom. The molecule has 4 bridgehead atoms. The van der Waals surface area contributed by atoms with Crippen LogP contribution in [0.4, 0.5) is 20.5 Å². The van der Waals surface area contributed by atoms with Gasteiger partial charge < -0.3 is 14.5 Å². The van der Waals surface area contributed by atoms with Crippen molar-refractivity contribution in [2.45, 2.75) is 50.0 Å². The van der Waals surface area contributed by atoms with Crippen molar-refractivity contribution in [3.05, 3.63) is 47.9 Å². The van der Waals surface area contributed by atoms with Crippen molar-refractivity contribution in [1.82, 2.24) is 24.8 Å². The lowest BCUT2D eigenvalue weighted by Crippen LogP contribution is -2.52. The number of halogens is 2. The van der Waals surface area contributed by atoms with Gasteiger partial charge in [-0.05, 0) is 44.9 Å². The number of aromatic nitrogens is 4. The van der Waals surface area contributed by atoms with Crippen LogP contribution in [0, 0.1) is 24.0 Å². The van der Waals surface area contributed by atoms with Crippen molar-refractivity contribution in [3.63, 3.8) is 0 Å². The molecule has 208 valence electrons. The number of benzene rings is 1. The monoisotopic (exact) mass is 553 g/mol. The molecule has 0 amide bonds. The van der Waals surface area contributed by atoms with E-state index >= 15 is 4.39 Å². The third kappa shape index (κ3) is 3.86. The lowest BCUT2D eigenvalue weighted by atomic mass is 9.98. The summed E-state index contributed by atoms with van der Waals surface area (Å²) in [7, 11) is 2.18. The third-order valence-corrected chi connectivity index (χ3v) is 9.40. The lowest BCUT2D eigenvalue weighted by Gasteiger charge is -2.39. The molecule has 41 heavy (non-hydrogen) atoms. The Balaban J connectivity index is 1.32. The van der Waals surface area contributed by atoms with Crippen LogP contribution >= 0.6 is 0 Å². The molecule has 0 spiro atoms. The van der Waals surface area contributed by atoms with Gasteiger partial charge in [0.15, 0.2) is 5.82 Å². The summed E-state index contributed by atoms with van der Waals surface area (Å²) in [6, 6.07) is 3.74. The molecule has 10 heteroatoms. The van der Waals surface area contributed by atoms with Gasteiger partial charge in [-0.2, -0.15) is 4.98 Å². The fourth-order valence-corrected chi connectivity index (χ4v) is 7.23. The second-order valence-corrected chi connectivity index (χ2v) is 11.7. The Hall–Kier alpha value is -3.94. The number of likely N-dealkylation sites (N-methyl/N-ethyl adjacent to an activating group) is 1. The number of rotatable bonds is 3. The average molecular weight is 554 g/mol. The summed E-state index contributed by atoms with van der Waals surface area (Å²) < 4.78 is 37.5. The predicted molar refractivity (Wildman–Crippen MR) is 153 cm³/mol. The van der Waals surface area contributed by atoms with E-state index in [9.17, 15) is 4.39 Å². The van der Waals surface area contributed by atoms with Gasteiger partial charge in [0.05, 0.1) is 23.2 Å². The molecule has 8 rings (SSSR count). The number of pyridine rings is 2. The summed E-state index contributed by atoms with van der Waals surface area (Å²) in [5.41, 5.74) is 0.615. The van der Waals surface area contributed by atoms with E-state index in [-0.39, 0.29) is 29.0 Å². The molecule has 3 aromatic heterocycles. The molecule has 0 saturated carbocycles. The molecule has 4 aliphatic rings. The zero-order chi connectivity index (χ0) is 27.8. The molecule has 0 aliphatic carbocycles. The van der Waals surface area contributed by atoms with E-state index in [0.29, 0.717) is 58.7 Å². The minimum absolute atomic E-state index is 0.0359. The first-order valence-electron chi connectivity index (χ1n) is 14.2. The highest BCUT2D eigenvalue weighted by Crippen LogP contribution is 2.39. The van der Waals surface area contributed by atoms with Crippen LogP contribution < -0.4 is 9.80 Å². The van der Waals surface area contributed by atoms with Gasteiger partial charge in [-0.25, -0.2) is 13.8 Å². The molecule has 7 heterocycles. The van der Waals surface area contributed by atoms with Crippen LogP contribution in [0.3, 0.4) is 0 Å². The highest BCUT2D eigenvalue weighted by molar-refractivity contribution is 6.01. The zero-order valence-electron chi connectivity index (χ0n) is 22.7. The SMILES string of the molecule is C#Cc1c(F)ccc2cncc(-c3ncc4c(N5C[C@H]6CC[C@@H](C5)O6)nc(N5CC6CCC(C5)N6C)nc4c3F)c12. The van der Waals surface area contributed by atoms with Crippen LogP contribution in [-0.2, 0) is 4.74 Å². The summed E-state index contributed by atoms with van der Waals surface area (Å²) >= 11 is 0. The smallest absolute Gasteiger partial charge is 0.228 e. The maximum absolute atomic E-state index is 16.7. The van der Waals surface area contributed by atoms with E-state index in [1.54, 1.807) is 18.5 Å². The normalized spacial score (nSPS) is 25.8. The van der Waals surface area contributed by atoms with Crippen molar-refractivity contribution < 1.29 is 13.5 Å². The molecule has 0 radical (unpaired) electrons. The number of hydrogen-bond donors (Lipinski definition) is 0. The zero-order valence-corrected chi connectivity index (χ0v) is 22.7. The molecule has 4 aromatic rings. The quantitative estimate of drug-likeness (QED) is 0.351. The largest absolute Gasteiger partial charge is 0.371 e. The molecule has 4 atom stereocenters. The van der Waals surface area contributed by atoms with Crippen molar-refractivity contribution in [2.24, 2.45) is 0 Å². The molecule has 0 N–H and O–H groups in total. The van der Waals surface area contributed by atoms with Gasteiger partial charge >= 0.3 is 0 Å². The minimum atomic E-state index is -0.595. The van der Waals surface area contributed by atoms with E-state index in [4.69, 9.17) is 21.1 Å². The van der Waals surface area contributed by atoms with Crippen LogP contribution in [0.15, 0.2) is 30.7 Å². The first-order valence-corrected chi connectivity index (χ1v) is 14.2. The molecule has 4 fully saturated rings. The van der Waals surface area contributed by atoms with Crippen LogP contribution in [0.1, 0.15) is 31.2 Å². The number of terminal acetylenes is 1. The van der Waals surface area contributed by atoms with Crippen LogP contribution in [0.2, 0.25) is 0 Å². The van der Waals surface area contributed by atoms with Gasteiger partial charge in [0.2, 0.25) is 5.95 Å². The highest BCUT2D eigenvalue weighted by atomic mass is 19.1. The Kier molecular flexibility index (Phi) is 5.63. The molecule has 8 nitrogen and oxygen atoms in total. The van der Waals surface area contributed by atoms with Gasteiger partial charge in [0.1, 0.15) is 22.8 Å². The number of hydrogen-bond acceptors (Lipinski definition) is 8. The Labute approximate surface area is 236 Å². The first-order chi connectivity index (χ1) is 20.0. The number of morpholine rings is 1. The lowest BCUT2D eigenvalue weighted by molar-refractivity contribution is 0.0303. The van der Waals surface area contributed by atoms with Gasteiger partial charge in [-0.3, -0.25) is 14.9 Å². The second-order valence-electron chi connectivity index (χ2n) is 11.7. The van der Waals surface area contributed by atoms with Gasteiger partial charge in [-0.15, -0.1) is 6.42 Å². The fraction of sp³-hybridized carbons (Fsp3) is 0.419. The van der Waals surface area contributed by atoms with Crippen molar-refractivity contribution in [3.8, 4) is 23.6 Å². The first kappa shape index (κ1) is 24.8. The van der Waals surface area contributed by atoms with E-state index in [1.165, 1.54) is 12.3 Å². The number of ether oxygens (including phenoxy) is 1. The van der Waals surface area contributed by atoms with E-state index < -0.39 is 11.6 Å². The van der Waals surface area contributed by atoms with Crippen molar-refractivity contribution in [1.29, 1.82) is 0 Å². The summed E-state index contributed by atoms with van der Waals surface area (Å²) in [6.45, 7) is 2.97. The number of nitrogens with zero attached hydrogens (tertiary/aromatic N) is 7. The number of fused-ring (bicyclic) bond motifs is 6. The molecule has 1 aromatic carbocycles. The van der Waals surface area contributed by atoms with Crippen LogP contribution in [0.5, 0.6) is 0 Å². The van der Waals surface area contributed by atoms with Crippen LogP contribution in [-0.4, -0.2) is 82.4 Å². The highest BCUT2D eigenvalue weighted by Gasteiger charge is 2.40. The molecule has 2 unspecified atom stereocenters. The third-order valence-electron chi connectivity index (χ3n) is 9.40. The summed E-state index contributed by atoms with van der Waals surface area (Å²) in [5, 5.41) is 1.56. The van der Waals surface area contributed by atoms with Crippen LogP contribution in [0.25, 0.3) is 32.9 Å². The Morgan fingerprint density at radius 1 is 0.927 bits per heavy atom. The summed E-state index contributed by atoms with van der Waals surface area (Å²) in [4.78, 5) is 25.6. The topological polar surface area (TPSA) is 70.5 Å². The van der Waals surface area contributed by atoms with E-state index in [2.05, 4.69) is 37.6 Å². The summed E-state index contributed by atoms with van der Waals surface area (Å²) in [5.74, 6) is 2.50. The predicted octanol–water partition coefficient (Wildman–Crippen LogP) is 4.15. The molecule has 4 saturated heterocycles. The number of piperazine rings is 1. The van der Waals surface area contributed by atoms with E-state index in [0.717, 1.165) is 38.8 Å². The maximum Gasteiger partial charge on any atom is 0.228 e. The van der Waals surface area contributed by atoms with E-state index in [1.807, 2.05) is 0 Å². The van der Waals surface area contributed by atoms with Gasteiger partial charge in [-0.1, -0.05) is 5.92 Å². The standard InChI is InChI=1S/C31H29F2N7O/c1-3-22-25(32)9-4-17-10-34-11-23(26(17)22)28-27(33)29-24(12-35-28)30(39-15-20-7-8-21(16-39)41-20)37-31(36-29)40-13-18-5-6-19(14-40)38(18)2/h1,4,9-12,18-21H,5-8,13-16H2,2H3/t18?,19?,20-,21+. The molecular formula is C31H29F2N7O. The molecular weight excluding hydrogens is 524 g/mol. The second kappa shape index (κ2) is 9.29. The summed E-state index contributed by atoms with van der Waals surface area (Å²) in [6.07, 6.45) is 15.0. The number of anilines is 2. The maximum atomic E-state index is 16.7. The van der Waals surface area contributed by atoms with Gasteiger partial charge in [0, 0.05) is 73.2 Å². The van der Waals surface area contributed by atoms with Crippen molar-refractivity contribution in [2.75, 3.05) is 43.0 Å². The fourth-order valence-electron chi connectivity index (χ4n) is 7.23. The Bertz CT molecular complexity index is 1730. The molecule has 4 aliphatic heterocycles. The average Bonchev–Trinajstić information content (AvgIpc) is 3.40. The minimum Gasteiger partial charge on any atom is -0.371 e. The Morgan fingerprint density at radius 3 is 2.41 bits per heavy atom. The van der Waals surface area contributed by atoms with Crippen molar-refractivity contribution >= 4 is 33.4 Å². The van der Waals surface area contributed by atoms with Gasteiger partial charge in [0.25, 0.3) is 0 Å².